The number of hydrogen-bond acceptors (Lipinski definition) is 3. The number of aliphatic hydroxyl groups is 2. The van der Waals surface area contributed by atoms with E-state index in [1.165, 1.54) is 6.42 Å². The summed E-state index contributed by atoms with van der Waals surface area (Å²) in [5.74, 6) is 0.497. The molecule has 0 aromatic heterocycles. The second kappa shape index (κ2) is 17.0. The number of allylic oxidation sites excluding steroid dienone is 3. The van der Waals surface area contributed by atoms with Gasteiger partial charge in [-0.25, -0.2) is 0 Å². The lowest BCUT2D eigenvalue weighted by Crippen LogP contribution is -2.23. The maximum absolute atomic E-state index is 10.8. The molecular formula is C23H42O4. The van der Waals surface area contributed by atoms with Gasteiger partial charge in [-0.2, -0.15) is 0 Å². The van der Waals surface area contributed by atoms with Gasteiger partial charge in [0.05, 0.1) is 12.2 Å². The van der Waals surface area contributed by atoms with Gasteiger partial charge in [-0.1, -0.05) is 83.6 Å². The summed E-state index contributed by atoms with van der Waals surface area (Å²) in [5, 5.41) is 28.5. The Labute approximate surface area is 166 Å². The van der Waals surface area contributed by atoms with E-state index in [0.29, 0.717) is 18.3 Å². The highest BCUT2D eigenvalue weighted by atomic mass is 16.4. The normalized spacial score (nSPS) is 15.6. The van der Waals surface area contributed by atoms with Gasteiger partial charge in [0.2, 0.25) is 0 Å². The Bertz CT molecular complexity index is 415. The average Bonchev–Trinajstić information content (AvgIpc) is 2.62. The molecule has 0 spiro atoms. The molecule has 0 heterocycles. The third-order valence-corrected chi connectivity index (χ3v) is 4.96. The molecule has 0 aliphatic heterocycles. The van der Waals surface area contributed by atoms with Crippen molar-refractivity contribution >= 4 is 5.97 Å². The third kappa shape index (κ3) is 16.7. The fraction of sp³-hybridized carbons (Fsp3) is 0.783. The number of rotatable bonds is 17. The van der Waals surface area contributed by atoms with Gasteiger partial charge >= 0.3 is 5.97 Å². The van der Waals surface area contributed by atoms with Crippen molar-refractivity contribution in [2.24, 2.45) is 11.8 Å². The van der Waals surface area contributed by atoms with Crippen LogP contribution in [0.5, 0.6) is 0 Å². The molecule has 0 bridgehead atoms. The number of aliphatic carboxylic acids is 1. The van der Waals surface area contributed by atoms with Crippen molar-refractivity contribution in [2.45, 2.75) is 104 Å². The van der Waals surface area contributed by atoms with Gasteiger partial charge in [-0.05, 0) is 37.5 Å². The highest BCUT2D eigenvalue weighted by molar-refractivity contribution is 5.66. The highest BCUT2D eigenvalue weighted by Gasteiger charge is 2.12. The minimum atomic E-state index is -0.794. The minimum absolute atomic E-state index is 0.278. The van der Waals surface area contributed by atoms with Crippen molar-refractivity contribution < 1.29 is 20.1 Å². The topological polar surface area (TPSA) is 77.8 Å². The Morgan fingerprint density at radius 2 is 1.67 bits per heavy atom. The van der Waals surface area contributed by atoms with Crippen molar-refractivity contribution in [2.75, 3.05) is 0 Å². The van der Waals surface area contributed by atoms with E-state index in [1.807, 2.05) is 6.08 Å². The molecule has 4 heteroatoms. The van der Waals surface area contributed by atoms with Gasteiger partial charge in [-0.3, -0.25) is 4.79 Å². The predicted molar refractivity (Wildman–Crippen MR) is 113 cm³/mol. The van der Waals surface area contributed by atoms with Gasteiger partial charge in [0, 0.05) is 6.42 Å². The SMILES string of the molecule is CCCC[C@H](O)[C@H](O)/C=C/C=C/CCCC[C@@H](CCC(=O)O)CCC(C)C. The molecule has 0 aliphatic carbocycles. The first-order valence-electron chi connectivity index (χ1n) is 10.8. The number of hydrogen-bond donors (Lipinski definition) is 3. The van der Waals surface area contributed by atoms with Gasteiger partial charge in [0.15, 0.2) is 0 Å². The molecule has 0 unspecified atom stereocenters. The van der Waals surface area contributed by atoms with Crippen LogP contribution >= 0.6 is 0 Å². The lowest BCUT2D eigenvalue weighted by molar-refractivity contribution is -0.137. The smallest absolute Gasteiger partial charge is 0.303 e. The Morgan fingerprint density at radius 1 is 0.926 bits per heavy atom. The zero-order valence-electron chi connectivity index (χ0n) is 17.6. The molecule has 0 amide bonds. The van der Waals surface area contributed by atoms with Crippen molar-refractivity contribution in [3.05, 3.63) is 24.3 Å². The number of aliphatic hydroxyl groups excluding tert-OH is 2. The molecule has 0 aliphatic rings. The summed E-state index contributed by atoms with van der Waals surface area (Å²) in [5.41, 5.74) is 0. The van der Waals surface area contributed by atoms with E-state index < -0.39 is 18.2 Å². The predicted octanol–water partition coefficient (Wildman–Crippen LogP) is 5.49. The Kier molecular flexibility index (Phi) is 16.3. The van der Waals surface area contributed by atoms with E-state index in [2.05, 4.69) is 26.8 Å². The maximum Gasteiger partial charge on any atom is 0.303 e. The largest absolute Gasteiger partial charge is 0.481 e. The van der Waals surface area contributed by atoms with Crippen LogP contribution in [-0.4, -0.2) is 33.5 Å². The summed E-state index contributed by atoms with van der Waals surface area (Å²) in [7, 11) is 0. The van der Waals surface area contributed by atoms with Gasteiger partial charge in [0.1, 0.15) is 0 Å². The molecule has 0 rings (SSSR count). The zero-order valence-corrected chi connectivity index (χ0v) is 17.6. The second-order valence-electron chi connectivity index (χ2n) is 8.07. The van der Waals surface area contributed by atoms with Crippen LogP contribution in [0.4, 0.5) is 0 Å². The first kappa shape index (κ1) is 25.9. The molecule has 0 aromatic rings. The van der Waals surface area contributed by atoms with Crippen molar-refractivity contribution in [3.8, 4) is 0 Å². The summed E-state index contributed by atoms with van der Waals surface area (Å²) in [6, 6.07) is 0. The molecule has 0 fully saturated rings. The van der Waals surface area contributed by atoms with Crippen molar-refractivity contribution in [1.82, 2.24) is 0 Å². The quantitative estimate of drug-likeness (QED) is 0.230. The number of carboxylic acid groups (broad SMARTS) is 1. The molecule has 0 saturated carbocycles. The summed E-state index contributed by atoms with van der Waals surface area (Å²) in [4.78, 5) is 10.8. The van der Waals surface area contributed by atoms with Crippen LogP contribution in [0.3, 0.4) is 0 Å². The number of unbranched alkanes of at least 4 members (excludes halogenated alkanes) is 3. The lowest BCUT2D eigenvalue weighted by Gasteiger charge is -2.17. The summed E-state index contributed by atoms with van der Waals surface area (Å²) in [6.07, 6.45) is 16.2. The molecular weight excluding hydrogens is 340 g/mol. The Balaban J connectivity index is 3.98. The van der Waals surface area contributed by atoms with E-state index in [-0.39, 0.29) is 6.42 Å². The van der Waals surface area contributed by atoms with Crippen molar-refractivity contribution in [3.63, 3.8) is 0 Å². The average molecular weight is 383 g/mol. The second-order valence-corrected chi connectivity index (χ2v) is 8.07. The van der Waals surface area contributed by atoms with Crippen molar-refractivity contribution in [1.29, 1.82) is 0 Å². The van der Waals surface area contributed by atoms with E-state index >= 15 is 0 Å². The minimum Gasteiger partial charge on any atom is -0.481 e. The zero-order chi connectivity index (χ0) is 20.5. The van der Waals surface area contributed by atoms with Gasteiger partial charge < -0.3 is 15.3 Å². The van der Waals surface area contributed by atoms with Crippen LogP contribution in [0.2, 0.25) is 0 Å². The molecule has 27 heavy (non-hydrogen) atoms. The van der Waals surface area contributed by atoms with E-state index in [4.69, 9.17) is 5.11 Å². The van der Waals surface area contributed by atoms with E-state index in [9.17, 15) is 15.0 Å². The first-order chi connectivity index (χ1) is 12.9. The van der Waals surface area contributed by atoms with Crippen LogP contribution in [0.1, 0.15) is 91.4 Å². The highest BCUT2D eigenvalue weighted by Crippen LogP contribution is 2.23. The van der Waals surface area contributed by atoms with E-state index in [0.717, 1.165) is 51.4 Å². The third-order valence-electron chi connectivity index (χ3n) is 4.96. The Morgan fingerprint density at radius 3 is 2.30 bits per heavy atom. The first-order valence-corrected chi connectivity index (χ1v) is 10.8. The number of carbonyl (C=O) groups is 1. The van der Waals surface area contributed by atoms with Crippen LogP contribution in [-0.2, 0) is 4.79 Å². The molecule has 158 valence electrons. The van der Waals surface area contributed by atoms with Crippen LogP contribution < -0.4 is 0 Å². The molecule has 3 atom stereocenters. The molecule has 4 nitrogen and oxygen atoms in total. The van der Waals surface area contributed by atoms with Gasteiger partial charge in [-0.15, -0.1) is 0 Å². The monoisotopic (exact) mass is 382 g/mol. The van der Waals surface area contributed by atoms with Crippen LogP contribution in [0.25, 0.3) is 0 Å². The summed E-state index contributed by atoms with van der Waals surface area (Å²) < 4.78 is 0. The fourth-order valence-electron chi connectivity index (χ4n) is 3.09. The summed E-state index contributed by atoms with van der Waals surface area (Å²) >= 11 is 0. The van der Waals surface area contributed by atoms with Crippen LogP contribution in [0, 0.1) is 11.8 Å². The standard InChI is InChI=1S/C23H42O4/c1-4-5-13-21(24)22(25)14-11-9-7-6-8-10-12-20(16-15-19(2)3)17-18-23(26)27/h7,9,11,14,19-22,24-25H,4-6,8,10,12-13,15-18H2,1-3H3,(H,26,27)/b9-7+,14-11+/t20-,21+,22-/m1/s1. The Hall–Kier alpha value is -1.13. The molecule has 0 radical (unpaired) electrons. The number of carboxylic acids is 1. The molecule has 0 saturated heterocycles. The van der Waals surface area contributed by atoms with Gasteiger partial charge in [0.25, 0.3) is 0 Å². The fourth-order valence-corrected chi connectivity index (χ4v) is 3.09. The molecule has 0 aromatic carbocycles. The van der Waals surface area contributed by atoms with E-state index in [1.54, 1.807) is 12.2 Å². The lowest BCUT2D eigenvalue weighted by atomic mass is 9.89. The molecule has 3 N–H and O–H groups in total. The van der Waals surface area contributed by atoms with Crippen LogP contribution in [0.15, 0.2) is 24.3 Å². The maximum atomic E-state index is 10.8. The summed E-state index contributed by atoms with van der Waals surface area (Å²) in [6.45, 7) is 6.50.